The number of thiophene rings is 1. The number of aryl methyl sites for hydroxylation is 2. The molecule has 0 radical (unpaired) electrons. The Morgan fingerprint density at radius 3 is 2.41 bits per heavy atom. The van der Waals surface area contributed by atoms with E-state index in [0.717, 1.165) is 24.9 Å². The molecule has 0 bridgehead atoms. The smallest absolute Gasteiger partial charge is 0.00482 e. The normalized spacial score (nSPS) is 13.2. The Balaban J connectivity index is 2.16. The van der Waals surface area contributed by atoms with Crippen molar-refractivity contribution in [3.05, 3.63) is 21.9 Å². The largest absolute Gasteiger partial charge is 0.316 e. The maximum atomic E-state index is 3.54. The minimum atomic E-state index is 0.756. The van der Waals surface area contributed by atoms with Crippen LogP contribution in [0.4, 0.5) is 0 Å². The third-order valence-corrected chi connectivity index (χ3v) is 4.28. The fourth-order valence-electron chi connectivity index (χ4n) is 1.86. The van der Waals surface area contributed by atoms with Gasteiger partial charge in [-0.3, -0.25) is 0 Å². The average molecular weight is 253 g/mol. The number of hydrogen-bond donors (Lipinski definition) is 1. The lowest BCUT2D eigenvalue weighted by molar-refractivity contribution is 0.455. The summed E-state index contributed by atoms with van der Waals surface area (Å²) in [6.45, 7) is 11.4. The van der Waals surface area contributed by atoms with E-state index < -0.39 is 0 Å². The lowest BCUT2D eigenvalue weighted by atomic mass is 10.0. The van der Waals surface area contributed by atoms with Crippen LogP contribution in [0.3, 0.4) is 0 Å². The molecule has 0 spiro atoms. The van der Waals surface area contributed by atoms with Gasteiger partial charge in [-0.25, -0.2) is 0 Å². The van der Waals surface area contributed by atoms with Crippen LogP contribution in [0.2, 0.25) is 0 Å². The predicted octanol–water partition coefficient (Wildman–Crippen LogP) is 4.12. The van der Waals surface area contributed by atoms with Gasteiger partial charge in [0.15, 0.2) is 0 Å². The van der Waals surface area contributed by atoms with Gasteiger partial charge >= 0.3 is 0 Å². The highest BCUT2D eigenvalue weighted by atomic mass is 32.1. The minimum absolute atomic E-state index is 0.756. The van der Waals surface area contributed by atoms with Crippen LogP contribution in [0.5, 0.6) is 0 Å². The molecule has 1 N–H and O–H groups in total. The first-order valence-electron chi connectivity index (χ1n) is 6.90. The fourth-order valence-corrected chi connectivity index (χ4v) is 2.83. The van der Waals surface area contributed by atoms with E-state index in [1.807, 2.05) is 11.3 Å². The summed E-state index contributed by atoms with van der Waals surface area (Å²) in [5.74, 6) is 1.53. The first kappa shape index (κ1) is 14.7. The van der Waals surface area contributed by atoms with E-state index in [1.165, 1.54) is 24.1 Å². The van der Waals surface area contributed by atoms with Gasteiger partial charge in [0.1, 0.15) is 0 Å². The maximum absolute atomic E-state index is 3.54. The van der Waals surface area contributed by atoms with Crippen molar-refractivity contribution in [2.45, 2.75) is 47.0 Å². The molecule has 1 heterocycles. The summed E-state index contributed by atoms with van der Waals surface area (Å²) in [5.41, 5.74) is 0. The van der Waals surface area contributed by atoms with Crippen molar-refractivity contribution >= 4 is 11.3 Å². The molecular weight excluding hydrogens is 226 g/mol. The highest BCUT2D eigenvalue weighted by molar-refractivity contribution is 7.11. The number of hydrogen-bond acceptors (Lipinski definition) is 2. The summed E-state index contributed by atoms with van der Waals surface area (Å²) in [7, 11) is 0. The number of nitrogens with one attached hydrogen (secondary N) is 1. The summed E-state index contributed by atoms with van der Waals surface area (Å²) >= 11 is 1.98. The lowest BCUT2D eigenvalue weighted by Crippen LogP contribution is -2.25. The van der Waals surface area contributed by atoms with Crippen LogP contribution >= 0.6 is 11.3 Å². The Bertz CT molecular complexity index is 304. The van der Waals surface area contributed by atoms with E-state index in [1.54, 1.807) is 4.88 Å². The molecule has 17 heavy (non-hydrogen) atoms. The molecular formula is C15H27NS. The van der Waals surface area contributed by atoms with Crippen molar-refractivity contribution in [1.82, 2.24) is 5.32 Å². The Morgan fingerprint density at radius 2 is 1.82 bits per heavy atom. The molecule has 1 aromatic heterocycles. The van der Waals surface area contributed by atoms with Gasteiger partial charge in [-0.1, -0.05) is 27.7 Å². The van der Waals surface area contributed by atoms with E-state index >= 15 is 0 Å². The van der Waals surface area contributed by atoms with Crippen LogP contribution in [0.1, 0.15) is 43.9 Å². The minimum Gasteiger partial charge on any atom is -0.316 e. The van der Waals surface area contributed by atoms with Gasteiger partial charge in [0, 0.05) is 9.75 Å². The third kappa shape index (κ3) is 6.23. The molecule has 0 aliphatic heterocycles. The second-order valence-corrected chi connectivity index (χ2v) is 6.67. The molecule has 0 aliphatic rings. The Morgan fingerprint density at radius 1 is 1.12 bits per heavy atom. The zero-order valence-corrected chi connectivity index (χ0v) is 12.6. The lowest BCUT2D eigenvalue weighted by Gasteiger charge is -2.13. The fraction of sp³-hybridized carbons (Fsp3) is 0.733. The molecule has 1 nitrogen and oxygen atoms in total. The van der Waals surface area contributed by atoms with Crippen molar-refractivity contribution in [1.29, 1.82) is 0 Å². The van der Waals surface area contributed by atoms with Crippen LogP contribution in [0.15, 0.2) is 12.1 Å². The summed E-state index contributed by atoms with van der Waals surface area (Å²) in [4.78, 5) is 3.07. The van der Waals surface area contributed by atoms with Crippen molar-refractivity contribution in [3.8, 4) is 0 Å². The molecule has 2 heteroatoms. The van der Waals surface area contributed by atoms with Gasteiger partial charge in [-0.2, -0.15) is 0 Å². The summed E-state index contributed by atoms with van der Waals surface area (Å²) < 4.78 is 0. The third-order valence-electron chi connectivity index (χ3n) is 2.99. The molecule has 0 aromatic carbocycles. The van der Waals surface area contributed by atoms with Crippen LogP contribution in [0.25, 0.3) is 0 Å². The van der Waals surface area contributed by atoms with Crippen LogP contribution in [-0.4, -0.2) is 13.1 Å². The first-order chi connectivity index (χ1) is 8.11. The molecule has 1 unspecified atom stereocenters. The second-order valence-electron chi connectivity index (χ2n) is 5.42. The second kappa shape index (κ2) is 7.88. The highest BCUT2D eigenvalue weighted by Crippen LogP contribution is 2.19. The molecule has 1 rings (SSSR count). The van der Waals surface area contributed by atoms with E-state index in [-0.39, 0.29) is 0 Å². The molecule has 0 saturated heterocycles. The monoisotopic (exact) mass is 253 g/mol. The van der Waals surface area contributed by atoms with Crippen molar-refractivity contribution in [3.63, 3.8) is 0 Å². The van der Waals surface area contributed by atoms with Gasteiger partial charge in [0.2, 0.25) is 0 Å². The summed E-state index contributed by atoms with van der Waals surface area (Å²) in [5, 5.41) is 3.54. The molecule has 0 amide bonds. The van der Waals surface area contributed by atoms with Crippen LogP contribution in [-0.2, 0) is 12.8 Å². The van der Waals surface area contributed by atoms with Crippen LogP contribution in [0, 0.1) is 11.8 Å². The molecule has 0 saturated carbocycles. The van der Waals surface area contributed by atoms with Crippen molar-refractivity contribution in [2.24, 2.45) is 11.8 Å². The predicted molar refractivity (Wildman–Crippen MR) is 78.9 cm³/mol. The van der Waals surface area contributed by atoms with E-state index in [9.17, 15) is 0 Å². The van der Waals surface area contributed by atoms with Gasteiger partial charge in [-0.05, 0) is 56.3 Å². The van der Waals surface area contributed by atoms with E-state index in [2.05, 4.69) is 45.1 Å². The zero-order chi connectivity index (χ0) is 12.7. The topological polar surface area (TPSA) is 12.0 Å². The summed E-state index contributed by atoms with van der Waals surface area (Å²) in [6, 6.07) is 4.58. The van der Waals surface area contributed by atoms with E-state index in [4.69, 9.17) is 0 Å². The molecule has 0 fully saturated rings. The number of rotatable bonds is 8. The first-order valence-corrected chi connectivity index (χ1v) is 7.71. The molecule has 0 aliphatic carbocycles. The Labute approximate surface area is 111 Å². The molecule has 98 valence electrons. The molecule has 1 aromatic rings. The van der Waals surface area contributed by atoms with Gasteiger partial charge in [0.05, 0.1) is 0 Å². The standard InChI is InChI=1S/C15H27NS/c1-5-14-8-9-15(17-14)7-6-13(4)11-16-10-12(2)3/h8-9,12-13,16H,5-7,10-11H2,1-4H3. The molecule has 1 atom stereocenters. The highest BCUT2D eigenvalue weighted by Gasteiger charge is 2.04. The Hall–Kier alpha value is -0.340. The quantitative estimate of drug-likeness (QED) is 0.734. The van der Waals surface area contributed by atoms with Gasteiger partial charge in [-0.15, -0.1) is 11.3 Å². The average Bonchev–Trinajstić information content (AvgIpc) is 2.73. The van der Waals surface area contributed by atoms with Gasteiger partial charge in [0.25, 0.3) is 0 Å². The van der Waals surface area contributed by atoms with Crippen molar-refractivity contribution in [2.75, 3.05) is 13.1 Å². The maximum Gasteiger partial charge on any atom is 0.00482 e. The Kier molecular flexibility index (Phi) is 6.83. The van der Waals surface area contributed by atoms with E-state index in [0.29, 0.717) is 0 Å². The van der Waals surface area contributed by atoms with Crippen LogP contribution < -0.4 is 5.32 Å². The SMILES string of the molecule is CCc1ccc(CCC(C)CNCC(C)C)s1. The summed E-state index contributed by atoms with van der Waals surface area (Å²) in [6.07, 6.45) is 3.72. The van der Waals surface area contributed by atoms with Crippen molar-refractivity contribution < 1.29 is 0 Å². The zero-order valence-electron chi connectivity index (χ0n) is 11.8. The van der Waals surface area contributed by atoms with Gasteiger partial charge < -0.3 is 5.32 Å².